The fraction of sp³-hybridized carbons (Fsp3) is 0.125. The lowest BCUT2D eigenvalue weighted by atomic mass is 10.0. The molecule has 0 atom stereocenters. The molecular weight excluding hydrogens is 433 g/mol. The molecule has 0 saturated carbocycles. The maximum absolute atomic E-state index is 13.9. The van der Waals surface area contributed by atoms with Gasteiger partial charge in [-0.05, 0) is 12.1 Å². The van der Waals surface area contributed by atoms with Crippen LogP contribution in [0.25, 0.3) is 22.1 Å². The van der Waals surface area contributed by atoms with Crippen LogP contribution in [0.4, 0.5) is 4.39 Å². The Kier molecular flexibility index (Phi) is 5.41. The molecule has 3 rings (SSSR count). The van der Waals surface area contributed by atoms with Gasteiger partial charge in [0.25, 0.3) is 0 Å². The Balaban J connectivity index is 2.30. The van der Waals surface area contributed by atoms with Gasteiger partial charge in [-0.3, -0.25) is 0 Å². The van der Waals surface area contributed by atoms with E-state index in [1.807, 2.05) is 0 Å². The molecule has 0 spiro atoms. The predicted molar refractivity (Wildman–Crippen MR) is 97.5 cm³/mol. The number of hydrogen-bond acceptors (Lipinski definition) is 6. The molecule has 9 heteroatoms. The van der Waals surface area contributed by atoms with Crippen LogP contribution in [0.15, 0.2) is 29.8 Å². The zero-order valence-corrected chi connectivity index (χ0v) is 16.0. The minimum absolute atomic E-state index is 0.0155. The number of hydrogen-bond donors (Lipinski definition) is 0. The number of rotatable bonds is 4. The molecule has 2 heterocycles. The summed E-state index contributed by atoms with van der Waals surface area (Å²) < 4.78 is 18.8. The zero-order chi connectivity index (χ0) is 18.0. The minimum atomic E-state index is -0.607. The van der Waals surface area contributed by atoms with Gasteiger partial charge in [-0.2, -0.15) is 0 Å². The number of carbonyl (C=O) groups is 1. The highest BCUT2D eigenvalue weighted by Gasteiger charge is 2.23. The number of esters is 1. The van der Waals surface area contributed by atoms with E-state index in [0.29, 0.717) is 27.4 Å². The van der Waals surface area contributed by atoms with Gasteiger partial charge in [-0.25, -0.2) is 24.1 Å². The first-order chi connectivity index (χ1) is 12.0. The third kappa shape index (κ3) is 3.56. The average molecular weight is 443 g/mol. The van der Waals surface area contributed by atoms with Crippen LogP contribution < -0.4 is 0 Å². The van der Waals surface area contributed by atoms with E-state index in [1.165, 1.54) is 30.6 Å². The van der Waals surface area contributed by atoms with Gasteiger partial charge in [0.1, 0.15) is 11.4 Å². The molecule has 0 bridgehead atoms. The van der Waals surface area contributed by atoms with E-state index in [4.69, 9.17) is 16.3 Å². The molecule has 128 valence electrons. The monoisotopic (exact) mass is 441 g/mol. The summed E-state index contributed by atoms with van der Waals surface area (Å²) >= 11 is 10.4. The Labute approximate surface area is 160 Å². The van der Waals surface area contributed by atoms with Crippen LogP contribution in [0, 0.1) is 5.82 Å². The van der Waals surface area contributed by atoms with Crippen LogP contribution >= 0.6 is 38.9 Å². The fourth-order valence-corrected chi connectivity index (χ4v) is 3.29. The summed E-state index contributed by atoms with van der Waals surface area (Å²) in [5, 5.41) is 2.66. The number of methoxy groups -OCH3 is 1. The first kappa shape index (κ1) is 17.9. The van der Waals surface area contributed by atoms with Crippen molar-refractivity contribution in [1.82, 2.24) is 15.0 Å². The van der Waals surface area contributed by atoms with Crippen molar-refractivity contribution >= 4 is 44.8 Å². The van der Waals surface area contributed by atoms with Crippen molar-refractivity contribution in [3.8, 4) is 22.1 Å². The van der Waals surface area contributed by atoms with E-state index in [1.54, 1.807) is 17.6 Å². The first-order valence-electron chi connectivity index (χ1n) is 6.95. The Bertz CT molecular complexity index is 937. The van der Waals surface area contributed by atoms with Gasteiger partial charge in [0.2, 0.25) is 0 Å². The molecule has 0 fully saturated rings. The largest absolute Gasteiger partial charge is 0.465 e. The molecule has 0 N–H and O–H groups in total. The summed E-state index contributed by atoms with van der Waals surface area (Å²) in [6, 6.07) is 4.22. The lowest BCUT2D eigenvalue weighted by Crippen LogP contribution is -2.12. The van der Waals surface area contributed by atoms with Crippen molar-refractivity contribution in [3.63, 3.8) is 0 Å². The SMILES string of the molecule is COC(=O)c1c(CBr)nc(-c2nccs2)nc1-c1ccc(Cl)c(F)c1. The highest BCUT2D eigenvalue weighted by atomic mass is 79.9. The summed E-state index contributed by atoms with van der Waals surface area (Å²) in [6.45, 7) is 0. The van der Waals surface area contributed by atoms with Crippen LogP contribution in [0.2, 0.25) is 5.02 Å². The highest BCUT2D eigenvalue weighted by molar-refractivity contribution is 9.08. The number of alkyl halides is 1. The van der Waals surface area contributed by atoms with Gasteiger partial charge < -0.3 is 4.74 Å². The topological polar surface area (TPSA) is 65.0 Å². The van der Waals surface area contributed by atoms with Crippen molar-refractivity contribution in [2.24, 2.45) is 0 Å². The molecule has 5 nitrogen and oxygen atoms in total. The second-order valence-electron chi connectivity index (χ2n) is 4.81. The van der Waals surface area contributed by atoms with Gasteiger partial charge in [-0.1, -0.05) is 33.6 Å². The number of thiazole rings is 1. The minimum Gasteiger partial charge on any atom is -0.465 e. The second-order valence-corrected chi connectivity index (χ2v) is 6.67. The zero-order valence-electron chi connectivity index (χ0n) is 12.8. The summed E-state index contributed by atoms with van der Waals surface area (Å²) in [5.41, 5.74) is 1.25. The summed E-state index contributed by atoms with van der Waals surface area (Å²) in [4.78, 5) is 25.3. The summed E-state index contributed by atoms with van der Waals surface area (Å²) in [7, 11) is 1.27. The smallest absolute Gasteiger partial charge is 0.341 e. The second kappa shape index (κ2) is 7.55. The van der Waals surface area contributed by atoms with Crippen molar-refractivity contribution in [1.29, 1.82) is 0 Å². The van der Waals surface area contributed by atoms with Crippen molar-refractivity contribution in [2.75, 3.05) is 7.11 Å². The number of aromatic nitrogens is 3. The number of benzene rings is 1. The lowest BCUT2D eigenvalue weighted by molar-refractivity contribution is 0.0600. The molecule has 0 aliphatic carbocycles. The standard InChI is InChI=1S/C16H10BrClFN3O2S/c1-24-16(23)12-11(7-17)21-14(15-20-4-5-25-15)22-13(12)8-2-3-9(18)10(19)6-8/h2-6H,7H2,1H3. The Hall–Kier alpha value is -1.90. The Morgan fingerprint density at radius 3 is 2.80 bits per heavy atom. The first-order valence-corrected chi connectivity index (χ1v) is 9.33. The van der Waals surface area contributed by atoms with Crippen LogP contribution in [0.1, 0.15) is 16.1 Å². The summed E-state index contributed by atoms with van der Waals surface area (Å²) in [6.07, 6.45) is 1.63. The quantitative estimate of drug-likeness (QED) is 0.431. The van der Waals surface area contributed by atoms with Crippen LogP contribution in [0.3, 0.4) is 0 Å². The van der Waals surface area contributed by atoms with Gasteiger partial charge in [0, 0.05) is 22.5 Å². The van der Waals surface area contributed by atoms with Crippen molar-refractivity contribution in [2.45, 2.75) is 5.33 Å². The van der Waals surface area contributed by atoms with E-state index in [2.05, 4.69) is 30.9 Å². The van der Waals surface area contributed by atoms with Crippen LogP contribution in [-0.2, 0) is 10.1 Å². The Morgan fingerprint density at radius 1 is 1.40 bits per heavy atom. The van der Waals surface area contributed by atoms with Crippen LogP contribution in [-0.4, -0.2) is 28.0 Å². The van der Waals surface area contributed by atoms with E-state index >= 15 is 0 Å². The molecule has 0 unspecified atom stereocenters. The number of ether oxygens (including phenoxy) is 1. The van der Waals surface area contributed by atoms with Crippen LogP contribution in [0.5, 0.6) is 0 Å². The maximum Gasteiger partial charge on any atom is 0.341 e. The Morgan fingerprint density at radius 2 is 2.20 bits per heavy atom. The molecule has 0 radical (unpaired) electrons. The number of carbonyl (C=O) groups excluding carboxylic acids is 1. The fourth-order valence-electron chi connectivity index (χ4n) is 2.20. The van der Waals surface area contributed by atoms with Crippen molar-refractivity contribution < 1.29 is 13.9 Å². The van der Waals surface area contributed by atoms with E-state index in [9.17, 15) is 9.18 Å². The maximum atomic E-state index is 13.9. The molecule has 25 heavy (non-hydrogen) atoms. The van der Waals surface area contributed by atoms with Gasteiger partial charge >= 0.3 is 5.97 Å². The lowest BCUT2D eigenvalue weighted by Gasteiger charge is -2.12. The van der Waals surface area contributed by atoms with Gasteiger partial charge in [0.05, 0.1) is 23.5 Å². The third-order valence-corrected chi connectivity index (χ3v) is 4.92. The van der Waals surface area contributed by atoms with E-state index in [0.717, 1.165) is 0 Å². The molecular formula is C16H10BrClFN3O2S. The third-order valence-electron chi connectivity index (χ3n) is 3.32. The number of nitrogens with zero attached hydrogens (tertiary/aromatic N) is 3. The number of halogens is 3. The molecule has 0 amide bonds. The normalized spacial score (nSPS) is 10.7. The van der Waals surface area contributed by atoms with E-state index < -0.39 is 11.8 Å². The molecule has 3 aromatic rings. The average Bonchev–Trinajstić information content (AvgIpc) is 3.17. The van der Waals surface area contributed by atoms with Gasteiger partial charge in [0.15, 0.2) is 10.8 Å². The van der Waals surface area contributed by atoms with Crippen molar-refractivity contribution in [3.05, 3.63) is 51.9 Å². The van der Waals surface area contributed by atoms with Gasteiger partial charge in [-0.15, -0.1) is 11.3 Å². The molecule has 0 aliphatic rings. The molecule has 1 aromatic carbocycles. The predicted octanol–water partition coefficient (Wildman–Crippen LogP) is 4.74. The summed E-state index contributed by atoms with van der Waals surface area (Å²) in [5.74, 6) is -0.863. The molecule has 2 aromatic heterocycles. The van der Waals surface area contributed by atoms with E-state index in [-0.39, 0.29) is 16.3 Å². The molecule has 0 aliphatic heterocycles. The highest BCUT2D eigenvalue weighted by Crippen LogP contribution is 2.31. The molecule has 0 saturated heterocycles.